The first-order chi connectivity index (χ1) is 19.0. The third kappa shape index (κ3) is 4.78. The molecule has 39 heavy (non-hydrogen) atoms. The maximum absolute atomic E-state index is 14.2. The van der Waals surface area contributed by atoms with Crippen molar-refractivity contribution in [1.29, 1.82) is 0 Å². The van der Waals surface area contributed by atoms with Gasteiger partial charge in [-0.15, -0.1) is 0 Å². The molecule has 2 aromatic heterocycles. The Labute approximate surface area is 226 Å². The average Bonchev–Trinajstić information content (AvgIpc) is 3.57. The minimum absolute atomic E-state index is 0.00557. The van der Waals surface area contributed by atoms with E-state index in [2.05, 4.69) is 52.8 Å². The molecule has 0 saturated carbocycles. The molecule has 4 aromatic rings. The molecule has 6 rings (SSSR count). The number of benzene rings is 2. The number of fused-ring (bicyclic) bond motifs is 1. The predicted molar refractivity (Wildman–Crippen MR) is 149 cm³/mol. The number of hydrogen-bond acceptors (Lipinski definition) is 6. The zero-order valence-corrected chi connectivity index (χ0v) is 22.3. The van der Waals surface area contributed by atoms with Gasteiger partial charge in [0.2, 0.25) is 11.7 Å². The Hall–Kier alpha value is -4.11. The maximum Gasteiger partial charge on any atom is 0.259 e. The summed E-state index contributed by atoms with van der Waals surface area (Å²) in [7, 11) is 0. The Kier molecular flexibility index (Phi) is 6.83. The van der Waals surface area contributed by atoms with Gasteiger partial charge < -0.3 is 4.74 Å². The quantitative estimate of drug-likeness (QED) is 0.394. The summed E-state index contributed by atoms with van der Waals surface area (Å²) in [6, 6.07) is 16.3. The van der Waals surface area contributed by atoms with Crippen LogP contribution < -0.4 is 11.0 Å². The smallest absolute Gasteiger partial charge is 0.259 e. The summed E-state index contributed by atoms with van der Waals surface area (Å²) in [5.41, 5.74) is 8.87. The Morgan fingerprint density at radius 1 is 1.05 bits per heavy atom. The predicted octanol–water partition coefficient (Wildman–Crippen LogP) is 3.99. The second-order valence-corrected chi connectivity index (χ2v) is 10.3. The summed E-state index contributed by atoms with van der Waals surface area (Å²) in [6.45, 7) is 5.23. The Morgan fingerprint density at radius 2 is 1.85 bits per heavy atom. The fraction of sp³-hybridized carbons (Fsp3) is 0.367. The molecule has 0 bridgehead atoms. The van der Waals surface area contributed by atoms with Crippen molar-refractivity contribution in [3.8, 4) is 11.1 Å². The van der Waals surface area contributed by atoms with E-state index in [-0.39, 0.29) is 23.9 Å². The average molecular weight is 525 g/mol. The van der Waals surface area contributed by atoms with Crippen molar-refractivity contribution < 1.29 is 9.53 Å². The molecule has 9 nitrogen and oxygen atoms in total. The molecule has 0 radical (unpaired) electrons. The number of carbonyl (C=O) groups is 1. The fourth-order valence-corrected chi connectivity index (χ4v) is 5.70. The molecule has 1 fully saturated rings. The van der Waals surface area contributed by atoms with Gasteiger partial charge in [-0.3, -0.25) is 14.2 Å². The van der Waals surface area contributed by atoms with Gasteiger partial charge in [0.05, 0.1) is 17.8 Å². The topological polar surface area (TPSA) is 103 Å². The molecule has 1 N–H and O–H groups in total. The molecule has 0 spiro atoms. The molecule has 1 saturated heterocycles. The molecule has 0 unspecified atom stereocenters. The molecule has 2 aliphatic heterocycles. The number of ether oxygens (including phenoxy) is 1. The van der Waals surface area contributed by atoms with Gasteiger partial charge in [0.1, 0.15) is 5.82 Å². The lowest BCUT2D eigenvalue weighted by Gasteiger charge is -2.26. The highest BCUT2D eigenvalue weighted by Gasteiger charge is 2.26. The maximum atomic E-state index is 14.2. The van der Waals surface area contributed by atoms with E-state index in [1.807, 2.05) is 34.2 Å². The van der Waals surface area contributed by atoms with E-state index in [9.17, 15) is 9.59 Å². The summed E-state index contributed by atoms with van der Waals surface area (Å²) >= 11 is 0. The van der Waals surface area contributed by atoms with Gasteiger partial charge in [0, 0.05) is 36.8 Å². The summed E-state index contributed by atoms with van der Waals surface area (Å²) in [4.78, 5) is 30.9. The number of rotatable bonds is 7. The van der Waals surface area contributed by atoms with Crippen molar-refractivity contribution >= 4 is 17.4 Å². The van der Waals surface area contributed by atoms with E-state index in [0.717, 1.165) is 59.2 Å². The summed E-state index contributed by atoms with van der Waals surface area (Å²) < 4.78 is 9.32. The zero-order chi connectivity index (χ0) is 26.9. The van der Waals surface area contributed by atoms with Crippen LogP contribution in [0.3, 0.4) is 0 Å². The number of carbonyl (C=O) groups excluding carboxylic acids is 1. The highest BCUT2D eigenvalue weighted by Crippen LogP contribution is 2.29. The normalized spacial score (nSPS) is 16.1. The number of hydrogen-bond donors (Lipinski definition) is 1. The number of aromatic nitrogens is 4. The Bertz CT molecular complexity index is 1630. The van der Waals surface area contributed by atoms with Crippen LogP contribution in [0.1, 0.15) is 66.9 Å². The van der Waals surface area contributed by atoms with Crippen molar-refractivity contribution in [2.75, 3.05) is 13.2 Å². The number of aryl methyl sites for hydroxylation is 2. The first-order valence-corrected chi connectivity index (χ1v) is 13.6. The second-order valence-electron chi connectivity index (χ2n) is 10.3. The molecule has 4 heterocycles. The SMILES string of the molecule is CCCc1c(Cc2ccc(-c3ccccc3)c(C3=NNC(=O)C3)c2)c(=O)n(C2CCOCC2)c2nc(C)nn12. The molecular weight excluding hydrogens is 492 g/mol. The van der Waals surface area contributed by atoms with Crippen LogP contribution >= 0.6 is 0 Å². The molecule has 0 atom stereocenters. The Balaban J connectivity index is 1.50. The summed E-state index contributed by atoms with van der Waals surface area (Å²) in [5.74, 6) is 1.14. The largest absolute Gasteiger partial charge is 0.381 e. The lowest BCUT2D eigenvalue weighted by Crippen LogP contribution is -2.34. The molecule has 9 heteroatoms. The van der Waals surface area contributed by atoms with E-state index in [1.165, 1.54) is 0 Å². The number of nitrogens with one attached hydrogen (secondary N) is 1. The van der Waals surface area contributed by atoms with Gasteiger partial charge in [-0.25, -0.2) is 9.94 Å². The Morgan fingerprint density at radius 3 is 2.56 bits per heavy atom. The van der Waals surface area contributed by atoms with Crippen LogP contribution in [-0.2, 0) is 22.4 Å². The van der Waals surface area contributed by atoms with Crippen molar-refractivity contribution in [2.24, 2.45) is 5.10 Å². The lowest BCUT2D eigenvalue weighted by molar-refractivity contribution is -0.119. The zero-order valence-electron chi connectivity index (χ0n) is 22.3. The third-order valence-electron chi connectivity index (χ3n) is 7.54. The lowest BCUT2D eigenvalue weighted by atomic mass is 9.91. The molecule has 200 valence electrons. The standard InChI is InChI=1S/C30H32N6O3/c1-3-7-27-25(29(38)35(22-12-14-39-15-13-22)30-31-19(2)34-36(27)30)17-20-10-11-23(21-8-5-4-6-9-21)24(16-20)26-18-28(37)33-32-26/h4-6,8-11,16,22H,3,7,12-15,17-18H2,1-2H3,(H,33,37). The molecular formula is C30H32N6O3. The second kappa shape index (κ2) is 10.6. The van der Waals surface area contributed by atoms with Crippen molar-refractivity contribution in [1.82, 2.24) is 24.6 Å². The number of amides is 1. The number of nitrogens with zero attached hydrogens (tertiary/aromatic N) is 5. The van der Waals surface area contributed by atoms with Gasteiger partial charge in [0.25, 0.3) is 5.56 Å². The third-order valence-corrected chi connectivity index (χ3v) is 7.54. The highest BCUT2D eigenvalue weighted by atomic mass is 16.5. The van der Waals surface area contributed by atoms with Crippen LogP contribution in [0.5, 0.6) is 0 Å². The first kappa shape index (κ1) is 25.2. The van der Waals surface area contributed by atoms with Crippen LogP contribution in [0.2, 0.25) is 0 Å². The van der Waals surface area contributed by atoms with Gasteiger partial charge in [-0.1, -0.05) is 55.8 Å². The summed E-state index contributed by atoms with van der Waals surface area (Å²) in [5, 5.41) is 9.04. The van der Waals surface area contributed by atoms with E-state index < -0.39 is 0 Å². The van der Waals surface area contributed by atoms with Crippen molar-refractivity contribution in [2.45, 2.75) is 58.4 Å². The highest BCUT2D eigenvalue weighted by molar-refractivity contribution is 6.16. The van der Waals surface area contributed by atoms with Crippen molar-refractivity contribution in [3.63, 3.8) is 0 Å². The van der Waals surface area contributed by atoms with E-state index in [1.54, 1.807) is 0 Å². The van der Waals surface area contributed by atoms with Crippen LogP contribution in [0, 0.1) is 6.92 Å². The molecule has 2 aliphatic rings. The fourth-order valence-electron chi connectivity index (χ4n) is 5.70. The van der Waals surface area contributed by atoms with Crippen LogP contribution in [-0.4, -0.2) is 44.0 Å². The van der Waals surface area contributed by atoms with Crippen LogP contribution in [0.4, 0.5) is 0 Å². The minimum Gasteiger partial charge on any atom is -0.381 e. The van der Waals surface area contributed by atoms with Gasteiger partial charge >= 0.3 is 0 Å². The molecule has 0 aliphatic carbocycles. The monoisotopic (exact) mass is 524 g/mol. The molecule has 2 aromatic carbocycles. The van der Waals surface area contributed by atoms with Gasteiger partial charge in [0.15, 0.2) is 0 Å². The minimum atomic E-state index is -0.119. The van der Waals surface area contributed by atoms with Gasteiger partial charge in [-0.05, 0) is 48.9 Å². The molecule has 1 amide bonds. The van der Waals surface area contributed by atoms with E-state index in [0.29, 0.717) is 36.9 Å². The number of hydrazone groups is 1. The first-order valence-electron chi connectivity index (χ1n) is 13.6. The van der Waals surface area contributed by atoms with Crippen molar-refractivity contribution in [3.05, 3.63) is 87.1 Å². The van der Waals surface area contributed by atoms with Crippen LogP contribution in [0.15, 0.2) is 58.4 Å². The van der Waals surface area contributed by atoms with Crippen LogP contribution in [0.25, 0.3) is 16.9 Å². The van der Waals surface area contributed by atoms with E-state index in [4.69, 9.17) is 9.84 Å². The van der Waals surface area contributed by atoms with E-state index >= 15 is 0 Å². The summed E-state index contributed by atoms with van der Waals surface area (Å²) in [6.07, 6.45) is 3.81. The van der Waals surface area contributed by atoms with Gasteiger partial charge in [-0.2, -0.15) is 15.2 Å².